The van der Waals surface area contributed by atoms with Crippen LogP contribution in [-0.4, -0.2) is 40.9 Å². The number of halogens is 1. The molecule has 0 saturated carbocycles. The maximum Gasteiger partial charge on any atom is 0.344 e. The van der Waals surface area contributed by atoms with E-state index in [1.165, 1.54) is 6.92 Å². The molecule has 6 nitrogen and oxygen atoms in total. The summed E-state index contributed by atoms with van der Waals surface area (Å²) in [6.07, 6.45) is 0.0441. The molecule has 1 fully saturated rings. The molecule has 18 heavy (non-hydrogen) atoms. The van der Waals surface area contributed by atoms with Crippen LogP contribution in [0.5, 0.6) is 0 Å². The molecular formula is C11H16BrNO5. The van der Waals surface area contributed by atoms with Crippen molar-refractivity contribution < 1.29 is 23.9 Å². The molecule has 0 unspecified atom stereocenters. The molecule has 102 valence electrons. The number of rotatable bonds is 4. The Morgan fingerprint density at radius 2 is 2.17 bits per heavy atom. The number of cyclic esters (lactones) is 1. The molecule has 0 bridgehead atoms. The van der Waals surface area contributed by atoms with Gasteiger partial charge in [0.15, 0.2) is 0 Å². The third-order valence-corrected chi connectivity index (χ3v) is 3.81. The normalized spacial score (nSPS) is 30.8. The van der Waals surface area contributed by atoms with Gasteiger partial charge in [-0.1, -0.05) is 15.9 Å². The second-order valence-corrected chi connectivity index (χ2v) is 5.02. The van der Waals surface area contributed by atoms with Crippen molar-refractivity contribution in [2.45, 2.75) is 38.3 Å². The number of esters is 2. The van der Waals surface area contributed by atoms with Crippen LogP contribution in [0.1, 0.15) is 27.2 Å². The van der Waals surface area contributed by atoms with Gasteiger partial charge in [-0.2, -0.15) is 0 Å². The molecule has 2 atom stereocenters. The van der Waals surface area contributed by atoms with Gasteiger partial charge < -0.3 is 14.8 Å². The molecule has 1 heterocycles. The van der Waals surface area contributed by atoms with Crippen LogP contribution in [0, 0.1) is 0 Å². The van der Waals surface area contributed by atoms with Crippen molar-refractivity contribution in [1.29, 1.82) is 0 Å². The lowest BCUT2D eigenvalue weighted by Gasteiger charge is -2.24. The zero-order chi connectivity index (χ0) is 14.0. The zero-order valence-corrected chi connectivity index (χ0v) is 12.1. The summed E-state index contributed by atoms with van der Waals surface area (Å²) in [5, 5.41) is 2.74. The standard InChI is InChI=1S/C11H16BrNO5/c1-4-17-8(15)11(13-7(2)14)5-10(3,6-12)18-9(11)16/h4-6H2,1-3H3,(H,13,14)/t10-,11-/m1/s1. The fourth-order valence-electron chi connectivity index (χ4n) is 1.91. The van der Waals surface area contributed by atoms with E-state index in [0.29, 0.717) is 5.33 Å². The first-order valence-corrected chi connectivity index (χ1v) is 6.67. The van der Waals surface area contributed by atoms with E-state index in [2.05, 4.69) is 21.2 Å². The van der Waals surface area contributed by atoms with Crippen LogP contribution in [0.2, 0.25) is 0 Å². The van der Waals surface area contributed by atoms with Gasteiger partial charge in [-0.25, -0.2) is 9.59 Å². The molecule has 0 radical (unpaired) electrons. The average molecular weight is 322 g/mol. The minimum atomic E-state index is -1.73. The Morgan fingerprint density at radius 1 is 1.56 bits per heavy atom. The number of carbonyl (C=O) groups is 3. The molecule has 0 aromatic carbocycles. The van der Waals surface area contributed by atoms with Crippen LogP contribution < -0.4 is 5.32 Å². The van der Waals surface area contributed by atoms with Crippen molar-refractivity contribution >= 4 is 33.8 Å². The van der Waals surface area contributed by atoms with E-state index >= 15 is 0 Å². The molecule has 1 rings (SSSR count). The van der Waals surface area contributed by atoms with Crippen LogP contribution in [0.3, 0.4) is 0 Å². The van der Waals surface area contributed by atoms with Crippen molar-refractivity contribution in [2.24, 2.45) is 0 Å². The van der Waals surface area contributed by atoms with E-state index in [4.69, 9.17) is 9.47 Å². The molecule has 1 saturated heterocycles. The summed E-state index contributed by atoms with van der Waals surface area (Å²) in [5.41, 5.74) is -2.57. The molecule has 1 N–H and O–H groups in total. The Morgan fingerprint density at radius 3 is 2.56 bits per heavy atom. The van der Waals surface area contributed by atoms with Gasteiger partial charge in [0.1, 0.15) is 5.60 Å². The largest absolute Gasteiger partial charge is 0.464 e. The van der Waals surface area contributed by atoms with Crippen LogP contribution in [0.25, 0.3) is 0 Å². The fraction of sp³-hybridized carbons (Fsp3) is 0.727. The first kappa shape index (κ1) is 14.9. The van der Waals surface area contributed by atoms with Crippen molar-refractivity contribution in [3.63, 3.8) is 0 Å². The summed E-state index contributed by atoms with van der Waals surface area (Å²) < 4.78 is 10.0. The average Bonchev–Trinajstić information content (AvgIpc) is 2.52. The second-order valence-electron chi connectivity index (χ2n) is 4.46. The maximum absolute atomic E-state index is 12.0. The van der Waals surface area contributed by atoms with Crippen molar-refractivity contribution in [2.75, 3.05) is 11.9 Å². The zero-order valence-electron chi connectivity index (χ0n) is 10.5. The smallest absolute Gasteiger partial charge is 0.344 e. The molecule has 0 aromatic heterocycles. The number of amides is 1. The third-order valence-electron chi connectivity index (χ3n) is 2.62. The molecule has 0 aromatic rings. The predicted octanol–water partition coefficient (Wildman–Crippen LogP) is 0.525. The van der Waals surface area contributed by atoms with Crippen LogP contribution in [-0.2, 0) is 23.9 Å². The lowest BCUT2D eigenvalue weighted by atomic mass is 9.89. The van der Waals surface area contributed by atoms with Crippen LogP contribution in [0.4, 0.5) is 0 Å². The number of hydrogen-bond donors (Lipinski definition) is 1. The van der Waals surface area contributed by atoms with Crippen LogP contribution in [0.15, 0.2) is 0 Å². The number of ether oxygens (including phenoxy) is 2. The molecule has 1 aliphatic rings. The Hall–Kier alpha value is -1.11. The molecule has 1 amide bonds. The van der Waals surface area contributed by atoms with E-state index < -0.39 is 29.0 Å². The van der Waals surface area contributed by atoms with E-state index in [-0.39, 0.29) is 13.0 Å². The predicted molar refractivity (Wildman–Crippen MR) is 66.1 cm³/mol. The third kappa shape index (κ3) is 2.66. The number of alkyl halides is 1. The summed E-state index contributed by atoms with van der Waals surface area (Å²) in [6, 6.07) is 0. The minimum Gasteiger partial charge on any atom is -0.464 e. The molecular weight excluding hydrogens is 306 g/mol. The van der Waals surface area contributed by atoms with Crippen LogP contribution >= 0.6 is 15.9 Å². The highest BCUT2D eigenvalue weighted by Crippen LogP contribution is 2.36. The highest BCUT2D eigenvalue weighted by molar-refractivity contribution is 9.09. The van der Waals surface area contributed by atoms with Gasteiger partial charge in [-0.15, -0.1) is 0 Å². The first-order valence-electron chi connectivity index (χ1n) is 5.55. The Labute approximate surface area is 114 Å². The molecule has 0 spiro atoms. The maximum atomic E-state index is 12.0. The van der Waals surface area contributed by atoms with Gasteiger partial charge in [-0.05, 0) is 13.8 Å². The lowest BCUT2D eigenvalue weighted by Crippen LogP contribution is -2.58. The van der Waals surface area contributed by atoms with Gasteiger partial charge in [-0.3, -0.25) is 4.79 Å². The van der Waals surface area contributed by atoms with Gasteiger partial charge in [0.2, 0.25) is 11.4 Å². The highest BCUT2D eigenvalue weighted by Gasteiger charge is 2.61. The molecule has 7 heteroatoms. The van der Waals surface area contributed by atoms with Gasteiger partial charge in [0.25, 0.3) is 0 Å². The monoisotopic (exact) mass is 321 g/mol. The van der Waals surface area contributed by atoms with E-state index in [0.717, 1.165) is 0 Å². The second kappa shape index (κ2) is 5.26. The SMILES string of the molecule is CCOC(=O)[C@]1(NC(C)=O)C[C@](C)(CBr)OC1=O. The fourth-order valence-corrected chi connectivity index (χ4v) is 2.22. The number of carbonyl (C=O) groups excluding carboxylic acids is 3. The number of nitrogens with one attached hydrogen (secondary N) is 1. The summed E-state index contributed by atoms with van der Waals surface area (Å²) in [7, 11) is 0. The Balaban J connectivity index is 3.10. The van der Waals surface area contributed by atoms with Gasteiger partial charge in [0.05, 0.1) is 6.61 Å². The Bertz CT molecular complexity index is 376. The summed E-state index contributed by atoms with van der Waals surface area (Å²) in [6.45, 7) is 4.67. The van der Waals surface area contributed by atoms with E-state index in [1.807, 2.05) is 0 Å². The molecule has 1 aliphatic heterocycles. The summed E-state index contributed by atoms with van der Waals surface area (Å²) in [5.74, 6) is -2.05. The van der Waals surface area contributed by atoms with Crippen molar-refractivity contribution in [1.82, 2.24) is 5.32 Å². The highest BCUT2D eigenvalue weighted by atomic mass is 79.9. The first-order chi connectivity index (χ1) is 8.29. The Kier molecular flexibility index (Phi) is 4.37. The van der Waals surface area contributed by atoms with Crippen molar-refractivity contribution in [3.05, 3.63) is 0 Å². The minimum absolute atomic E-state index is 0.0441. The van der Waals surface area contributed by atoms with Crippen molar-refractivity contribution in [3.8, 4) is 0 Å². The lowest BCUT2D eigenvalue weighted by molar-refractivity contribution is -0.162. The van der Waals surface area contributed by atoms with E-state index in [9.17, 15) is 14.4 Å². The van der Waals surface area contributed by atoms with Gasteiger partial charge >= 0.3 is 11.9 Å². The summed E-state index contributed by atoms with van der Waals surface area (Å²) in [4.78, 5) is 35.1. The number of hydrogen-bond acceptors (Lipinski definition) is 5. The quantitative estimate of drug-likeness (QED) is 0.464. The van der Waals surface area contributed by atoms with Gasteiger partial charge in [0, 0.05) is 18.7 Å². The topological polar surface area (TPSA) is 81.7 Å². The van der Waals surface area contributed by atoms with E-state index in [1.54, 1.807) is 13.8 Å². The molecule has 0 aliphatic carbocycles. The summed E-state index contributed by atoms with van der Waals surface area (Å²) >= 11 is 3.22.